The summed E-state index contributed by atoms with van der Waals surface area (Å²) in [6.07, 6.45) is 2.81. The number of carbonyl (C=O) groups is 3. The Bertz CT molecular complexity index is 1470. The highest BCUT2D eigenvalue weighted by Gasteiger charge is 2.45. The van der Waals surface area contributed by atoms with Gasteiger partial charge in [-0.15, -0.1) is 0 Å². The minimum absolute atomic E-state index is 0.0123. The Hall–Kier alpha value is -4.72. The van der Waals surface area contributed by atoms with Crippen molar-refractivity contribution in [3.05, 3.63) is 107 Å². The van der Waals surface area contributed by atoms with Crippen molar-refractivity contribution >= 4 is 34.3 Å². The van der Waals surface area contributed by atoms with Gasteiger partial charge >= 0.3 is 5.97 Å². The van der Waals surface area contributed by atoms with Crippen LogP contribution in [0.3, 0.4) is 0 Å². The van der Waals surface area contributed by atoms with Crippen LogP contribution in [0.4, 0.5) is 5.69 Å². The molecule has 5 rings (SSSR count). The number of benzene rings is 2. The van der Waals surface area contributed by atoms with Gasteiger partial charge in [-0.2, -0.15) is 0 Å². The first kappa shape index (κ1) is 23.0. The van der Waals surface area contributed by atoms with Crippen molar-refractivity contribution in [3.8, 4) is 0 Å². The van der Waals surface area contributed by atoms with E-state index in [4.69, 9.17) is 9.15 Å². The predicted molar refractivity (Wildman–Crippen MR) is 132 cm³/mol. The fourth-order valence-electron chi connectivity index (χ4n) is 4.23. The largest absolute Gasteiger partial charge is 0.503 e. The molecule has 8 nitrogen and oxygen atoms in total. The molecule has 1 atom stereocenters. The van der Waals surface area contributed by atoms with Gasteiger partial charge in [-0.1, -0.05) is 18.2 Å². The van der Waals surface area contributed by atoms with E-state index in [-0.39, 0.29) is 17.4 Å². The Morgan fingerprint density at radius 3 is 2.39 bits per heavy atom. The normalized spacial score (nSPS) is 15.7. The number of furan rings is 1. The molecule has 1 aliphatic heterocycles. The molecule has 1 unspecified atom stereocenters. The Balaban J connectivity index is 1.56. The first-order valence-electron chi connectivity index (χ1n) is 11.4. The number of pyridine rings is 1. The molecule has 4 aromatic rings. The van der Waals surface area contributed by atoms with Crippen LogP contribution >= 0.6 is 0 Å². The molecule has 2 aromatic heterocycles. The third kappa shape index (κ3) is 4.02. The van der Waals surface area contributed by atoms with Gasteiger partial charge in [0.2, 0.25) is 5.78 Å². The van der Waals surface area contributed by atoms with Crippen LogP contribution in [0.2, 0.25) is 0 Å². The lowest BCUT2D eigenvalue weighted by atomic mass is 9.95. The number of amides is 1. The molecule has 180 valence electrons. The molecular weight excluding hydrogens is 460 g/mol. The maximum Gasteiger partial charge on any atom is 0.338 e. The summed E-state index contributed by atoms with van der Waals surface area (Å²) in [7, 11) is 0. The van der Waals surface area contributed by atoms with E-state index < -0.39 is 29.5 Å². The van der Waals surface area contributed by atoms with Gasteiger partial charge in [0.1, 0.15) is 5.58 Å². The van der Waals surface area contributed by atoms with E-state index >= 15 is 0 Å². The number of ether oxygens (including phenoxy) is 1. The number of nitrogens with zero attached hydrogens (tertiary/aromatic N) is 2. The van der Waals surface area contributed by atoms with E-state index in [0.29, 0.717) is 22.4 Å². The molecule has 36 heavy (non-hydrogen) atoms. The van der Waals surface area contributed by atoms with Gasteiger partial charge in [0.15, 0.2) is 11.5 Å². The van der Waals surface area contributed by atoms with Crippen molar-refractivity contribution in [1.82, 2.24) is 4.98 Å². The van der Waals surface area contributed by atoms with Crippen LogP contribution in [0, 0.1) is 0 Å². The molecule has 8 heteroatoms. The van der Waals surface area contributed by atoms with Crippen LogP contribution in [-0.4, -0.2) is 33.9 Å². The van der Waals surface area contributed by atoms with Crippen molar-refractivity contribution in [3.63, 3.8) is 0 Å². The summed E-state index contributed by atoms with van der Waals surface area (Å²) in [5.74, 6) is -2.48. The number of aliphatic hydroxyl groups is 1. The summed E-state index contributed by atoms with van der Waals surface area (Å²) in [4.78, 5) is 44.5. The molecule has 0 spiro atoms. The van der Waals surface area contributed by atoms with Crippen molar-refractivity contribution in [2.24, 2.45) is 0 Å². The van der Waals surface area contributed by atoms with E-state index in [1.807, 2.05) is 12.1 Å². The van der Waals surface area contributed by atoms with Crippen molar-refractivity contribution < 1.29 is 28.6 Å². The lowest BCUT2D eigenvalue weighted by Gasteiger charge is -2.26. The maximum absolute atomic E-state index is 13.6. The number of ketones is 1. The van der Waals surface area contributed by atoms with Crippen molar-refractivity contribution in [2.45, 2.75) is 26.0 Å². The minimum Gasteiger partial charge on any atom is -0.503 e. The molecule has 0 fully saturated rings. The van der Waals surface area contributed by atoms with Crippen LogP contribution in [-0.2, 0) is 9.53 Å². The number of fused-ring (bicyclic) bond motifs is 1. The number of esters is 1. The lowest BCUT2D eigenvalue weighted by molar-refractivity contribution is -0.117. The first-order chi connectivity index (χ1) is 17.3. The number of hydrogen-bond donors (Lipinski definition) is 1. The Kier molecular flexibility index (Phi) is 5.85. The fraction of sp³-hybridized carbons (Fsp3) is 0.143. The smallest absolute Gasteiger partial charge is 0.338 e. The number of aliphatic hydroxyl groups excluding tert-OH is 1. The van der Waals surface area contributed by atoms with Gasteiger partial charge < -0.3 is 14.3 Å². The summed E-state index contributed by atoms with van der Waals surface area (Å²) in [5, 5.41) is 11.6. The summed E-state index contributed by atoms with van der Waals surface area (Å²) in [6, 6.07) is 17.4. The highest BCUT2D eigenvalue weighted by molar-refractivity contribution is 6.20. The summed E-state index contributed by atoms with van der Waals surface area (Å²) < 4.78 is 11.0. The zero-order valence-electron chi connectivity index (χ0n) is 19.5. The second kappa shape index (κ2) is 9.14. The molecule has 0 saturated carbocycles. The molecular formula is C28H22N2O6. The highest BCUT2D eigenvalue weighted by Crippen LogP contribution is 2.42. The van der Waals surface area contributed by atoms with Gasteiger partial charge in [-0.3, -0.25) is 19.5 Å². The lowest BCUT2D eigenvalue weighted by Crippen LogP contribution is -2.31. The molecule has 1 amide bonds. The molecule has 1 N–H and O–H groups in total. The first-order valence-corrected chi connectivity index (χ1v) is 11.4. The SMILES string of the molecule is CC(C)OC(=O)c1ccc(N2C(=O)C(O)=C(C(=O)c3cc4ccccc4o3)C2c2ccncc2)cc1. The third-order valence-electron chi connectivity index (χ3n) is 5.85. The van der Waals surface area contributed by atoms with Gasteiger partial charge in [0, 0.05) is 23.5 Å². The average Bonchev–Trinajstić information content (AvgIpc) is 3.43. The predicted octanol–water partition coefficient (Wildman–Crippen LogP) is 5.18. The van der Waals surface area contributed by atoms with Gasteiger partial charge in [0.25, 0.3) is 5.91 Å². The molecule has 3 heterocycles. The van der Waals surface area contributed by atoms with E-state index in [1.165, 1.54) is 17.0 Å². The maximum atomic E-state index is 13.6. The zero-order chi connectivity index (χ0) is 25.4. The summed E-state index contributed by atoms with van der Waals surface area (Å²) in [5.41, 5.74) is 1.70. The van der Waals surface area contributed by atoms with Crippen LogP contribution in [0.15, 0.2) is 94.9 Å². The fourth-order valence-corrected chi connectivity index (χ4v) is 4.23. The van der Waals surface area contributed by atoms with E-state index in [2.05, 4.69) is 4.98 Å². The van der Waals surface area contributed by atoms with Crippen LogP contribution in [0.25, 0.3) is 11.0 Å². The van der Waals surface area contributed by atoms with Gasteiger partial charge in [-0.05, 0) is 67.9 Å². The van der Waals surface area contributed by atoms with E-state index in [1.54, 1.807) is 68.7 Å². The van der Waals surface area contributed by atoms with Crippen LogP contribution < -0.4 is 4.90 Å². The average molecular weight is 482 g/mol. The Morgan fingerprint density at radius 1 is 1.03 bits per heavy atom. The van der Waals surface area contributed by atoms with Crippen LogP contribution in [0.1, 0.15) is 46.4 Å². The number of rotatable bonds is 6. The number of hydrogen-bond acceptors (Lipinski definition) is 7. The number of anilines is 1. The third-order valence-corrected chi connectivity index (χ3v) is 5.85. The second-order valence-electron chi connectivity index (χ2n) is 8.60. The zero-order valence-corrected chi connectivity index (χ0v) is 19.5. The minimum atomic E-state index is -0.935. The van der Waals surface area contributed by atoms with E-state index in [0.717, 1.165) is 5.39 Å². The standard InChI is InChI=1S/C28H22N2O6/c1-16(2)35-28(34)18-7-9-20(10-8-18)30-24(17-11-13-29-14-12-17)23(26(32)27(30)33)25(31)22-15-19-5-3-4-6-21(19)36-22/h3-16,24,32H,1-2H3. The summed E-state index contributed by atoms with van der Waals surface area (Å²) in [6.45, 7) is 3.51. The van der Waals surface area contributed by atoms with E-state index in [9.17, 15) is 19.5 Å². The molecule has 0 bridgehead atoms. The van der Waals surface area contributed by atoms with Gasteiger partial charge in [-0.25, -0.2) is 4.79 Å². The number of Topliss-reactive ketones (excluding diaryl/α,β-unsaturated/α-hetero) is 1. The second-order valence-corrected chi connectivity index (χ2v) is 8.60. The molecule has 1 aliphatic rings. The topological polar surface area (TPSA) is 110 Å². The monoisotopic (exact) mass is 482 g/mol. The van der Waals surface area contributed by atoms with Crippen LogP contribution in [0.5, 0.6) is 0 Å². The molecule has 2 aromatic carbocycles. The number of para-hydroxylation sites is 1. The Labute approximate surface area is 206 Å². The van der Waals surface area contributed by atoms with Crippen molar-refractivity contribution in [1.29, 1.82) is 0 Å². The quantitative estimate of drug-likeness (QED) is 0.298. The Morgan fingerprint density at radius 2 is 1.72 bits per heavy atom. The highest BCUT2D eigenvalue weighted by atomic mass is 16.5. The molecule has 0 radical (unpaired) electrons. The number of carbonyl (C=O) groups excluding carboxylic acids is 3. The number of aromatic nitrogens is 1. The molecule has 0 saturated heterocycles. The summed E-state index contributed by atoms with van der Waals surface area (Å²) >= 11 is 0. The van der Waals surface area contributed by atoms with Crippen molar-refractivity contribution in [2.75, 3.05) is 4.90 Å². The van der Waals surface area contributed by atoms with Gasteiger partial charge in [0.05, 0.1) is 23.3 Å². The molecule has 0 aliphatic carbocycles.